The lowest BCUT2D eigenvalue weighted by Crippen LogP contribution is -2.36. The molecule has 0 amide bonds. The number of carbonyl (C=O) groups excluding carboxylic acids is 1. The molecular formula is C7H3ClN2O8. The zero-order valence-corrected chi connectivity index (χ0v) is 9.03. The Morgan fingerprint density at radius 3 is 2.22 bits per heavy atom. The van der Waals surface area contributed by atoms with E-state index in [2.05, 4.69) is 4.29 Å². The van der Waals surface area contributed by atoms with Crippen molar-refractivity contribution in [2.75, 3.05) is 0 Å². The van der Waals surface area contributed by atoms with Crippen LogP contribution in [0.15, 0.2) is 18.2 Å². The minimum atomic E-state index is -2.85. The highest BCUT2D eigenvalue weighted by Gasteiger charge is 2.30. The average Bonchev–Trinajstić information content (AvgIpc) is 2.26. The molecule has 0 saturated heterocycles. The molecule has 0 N–H and O–H groups in total. The summed E-state index contributed by atoms with van der Waals surface area (Å²) in [5.41, 5.74) is -2.24. The Morgan fingerprint density at radius 1 is 1.17 bits per heavy atom. The van der Waals surface area contributed by atoms with Crippen molar-refractivity contribution in [2.45, 2.75) is 0 Å². The molecule has 0 saturated carbocycles. The van der Waals surface area contributed by atoms with E-state index in [0.717, 1.165) is 12.1 Å². The molecule has 0 aliphatic carbocycles. The summed E-state index contributed by atoms with van der Waals surface area (Å²) in [4.78, 5) is 30.2. The molecule has 0 aliphatic heterocycles. The number of nitrogens with zero attached hydrogens (tertiary/aromatic N) is 2. The van der Waals surface area contributed by atoms with E-state index in [-0.39, 0.29) is 0 Å². The molecule has 1 aromatic rings. The summed E-state index contributed by atoms with van der Waals surface area (Å²) in [6.45, 7) is 0. The zero-order valence-electron chi connectivity index (χ0n) is 8.27. The van der Waals surface area contributed by atoms with Crippen molar-refractivity contribution in [3.63, 3.8) is 0 Å². The molecular weight excluding hydrogens is 276 g/mol. The standard InChI is InChI=1S/C7H3ClN2O8/c11-7(18-8(12)13)5-2-1-4(9(14)15)3-6(5)10(16)17/h1-3H. The second-order valence-corrected chi connectivity index (χ2v) is 3.30. The predicted octanol–water partition coefficient (Wildman–Crippen LogP) is -1.25. The lowest BCUT2D eigenvalue weighted by Gasteiger charge is -1.98. The number of nitro benzene ring substituents is 2. The van der Waals surface area contributed by atoms with Gasteiger partial charge in [0.2, 0.25) is 0 Å². The molecule has 1 aromatic carbocycles. The first-order valence-electron chi connectivity index (χ1n) is 4.04. The van der Waals surface area contributed by atoms with Crippen LogP contribution in [0.4, 0.5) is 11.4 Å². The largest absolute Gasteiger partial charge is 0.459 e. The number of nitro groups is 2. The third kappa shape index (κ3) is 3.10. The van der Waals surface area contributed by atoms with Crippen LogP contribution in [-0.2, 0) is 4.29 Å². The van der Waals surface area contributed by atoms with Gasteiger partial charge in [0.15, 0.2) is 0 Å². The van der Waals surface area contributed by atoms with Gasteiger partial charge in [-0.1, -0.05) is 4.29 Å². The summed E-state index contributed by atoms with van der Waals surface area (Å²) >= 11 is 0. The number of halogens is 1. The Morgan fingerprint density at radius 2 is 1.78 bits per heavy atom. The molecule has 18 heavy (non-hydrogen) atoms. The molecule has 0 heterocycles. The monoisotopic (exact) mass is 278 g/mol. The van der Waals surface area contributed by atoms with E-state index in [1.54, 1.807) is 0 Å². The van der Waals surface area contributed by atoms with Gasteiger partial charge in [-0.25, -0.2) is 4.79 Å². The number of benzene rings is 1. The van der Waals surface area contributed by atoms with Crippen LogP contribution in [0.2, 0.25) is 0 Å². The third-order valence-corrected chi connectivity index (χ3v) is 2.01. The van der Waals surface area contributed by atoms with Crippen LogP contribution >= 0.6 is 0 Å². The van der Waals surface area contributed by atoms with Gasteiger partial charge in [-0.3, -0.25) is 20.2 Å². The summed E-state index contributed by atoms with van der Waals surface area (Å²) in [5, 5.41) is 21.0. The van der Waals surface area contributed by atoms with E-state index in [0.29, 0.717) is 6.07 Å². The Labute approximate surface area is 101 Å². The highest BCUT2D eigenvalue weighted by Crippen LogP contribution is 2.25. The van der Waals surface area contributed by atoms with Crippen LogP contribution in [0.25, 0.3) is 0 Å². The number of rotatable bonds is 4. The van der Waals surface area contributed by atoms with Gasteiger partial charge in [0.05, 0.1) is 15.9 Å². The molecule has 0 bridgehead atoms. The maximum absolute atomic E-state index is 11.2. The molecule has 11 heteroatoms. The molecule has 0 spiro atoms. The fourth-order valence-corrected chi connectivity index (χ4v) is 1.25. The van der Waals surface area contributed by atoms with Crippen LogP contribution in [0, 0.1) is 31.0 Å². The summed E-state index contributed by atoms with van der Waals surface area (Å²) in [5.74, 6) is -1.51. The van der Waals surface area contributed by atoms with E-state index in [4.69, 9.17) is 0 Å². The van der Waals surface area contributed by atoms with Crippen LogP contribution < -0.4 is 9.32 Å². The molecule has 0 fully saturated rings. The highest BCUT2D eigenvalue weighted by atomic mass is 35.6. The summed E-state index contributed by atoms with van der Waals surface area (Å²) in [7, 11) is -2.85. The van der Waals surface area contributed by atoms with Gasteiger partial charge < -0.3 is 9.32 Å². The fourth-order valence-electron chi connectivity index (χ4n) is 1.06. The predicted molar refractivity (Wildman–Crippen MR) is 45.2 cm³/mol. The second-order valence-electron chi connectivity index (χ2n) is 2.77. The lowest BCUT2D eigenvalue weighted by molar-refractivity contribution is -1.62. The number of hydrogen-bond donors (Lipinski definition) is 0. The van der Waals surface area contributed by atoms with E-state index < -0.39 is 43.5 Å². The smallest absolute Gasteiger partial charge is 0.307 e. The highest BCUT2D eigenvalue weighted by molar-refractivity contribution is 5.93. The topological polar surface area (TPSA) is 159 Å². The molecule has 0 radical (unpaired) electrons. The maximum Gasteiger partial charge on any atom is 0.459 e. The van der Waals surface area contributed by atoms with Gasteiger partial charge >= 0.3 is 16.8 Å². The molecule has 0 atom stereocenters. The van der Waals surface area contributed by atoms with Crippen LogP contribution in [0.3, 0.4) is 0 Å². The average molecular weight is 279 g/mol. The summed E-state index contributed by atoms with van der Waals surface area (Å²) in [6, 6.07) is 2.08. The normalized spacial score (nSPS) is 10.2. The minimum absolute atomic E-state index is 0.528. The van der Waals surface area contributed by atoms with Gasteiger partial charge in [-0.05, 0) is 6.07 Å². The Bertz CT molecular complexity index is 516. The quantitative estimate of drug-likeness (QED) is 0.487. The van der Waals surface area contributed by atoms with Crippen LogP contribution in [0.5, 0.6) is 0 Å². The van der Waals surface area contributed by atoms with Gasteiger partial charge in [0.25, 0.3) is 11.4 Å². The molecule has 0 aromatic heterocycles. The van der Waals surface area contributed by atoms with Gasteiger partial charge in [0, 0.05) is 6.07 Å². The first-order chi connectivity index (χ1) is 8.32. The van der Waals surface area contributed by atoms with Gasteiger partial charge in [-0.15, -0.1) is 0 Å². The Balaban J connectivity index is 3.23. The fraction of sp³-hybridized carbons (Fsp3) is 0. The van der Waals surface area contributed by atoms with Crippen molar-refractivity contribution >= 4 is 17.3 Å². The van der Waals surface area contributed by atoms with E-state index in [1.807, 2.05) is 0 Å². The molecule has 0 unspecified atom stereocenters. The van der Waals surface area contributed by atoms with Crippen molar-refractivity contribution in [1.82, 2.24) is 0 Å². The van der Waals surface area contributed by atoms with E-state index >= 15 is 0 Å². The number of carbonyl (C=O) groups is 1. The Kier molecular flexibility index (Phi) is 4.09. The molecule has 1 rings (SSSR count). The zero-order chi connectivity index (χ0) is 13.9. The number of non-ortho nitro benzene ring substituents is 1. The number of hydrogen-bond acceptors (Lipinski definition) is 8. The lowest BCUT2D eigenvalue weighted by atomic mass is 10.1. The van der Waals surface area contributed by atoms with E-state index in [1.165, 1.54) is 0 Å². The van der Waals surface area contributed by atoms with Gasteiger partial charge in [0.1, 0.15) is 5.56 Å². The minimum Gasteiger partial charge on any atom is -0.307 e. The molecule has 10 nitrogen and oxygen atoms in total. The van der Waals surface area contributed by atoms with Crippen molar-refractivity contribution in [3.05, 3.63) is 44.0 Å². The van der Waals surface area contributed by atoms with Crippen molar-refractivity contribution < 1.29 is 39.0 Å². The van der Waals surface area contributed by atoms with Crippen molar-refractivity contribution in [1.29, 1.82) is 0 Å². The van der Waals surface area contributed by atoms with Crippen molar-refractivity contribution in [3.8, 4) is 0 Å². The SMILES string of the molecule is O=C(O[Cl+2]([O-])[O-])c1ccc([N+](=O)[O-])cc1[N+](=O)[O-]. The van der Waals surface area contributed by atoms with Gasteiger partial charge in [-0.2, -0.15) is 0 Å². The summed E-state index contributed by atoms with van der Waals surface area (Å²) < 4.78 is 23.9. The Hall–Kier alpha value is -2.30. The third-order valence-electron chi connectivity index (χ3n) is 1.74. The molecule has 96 valence electrons. The van der Waals surface area contributed by atoms with Crippen LogP contribution in [0.1, 0.15) is 10.4 Å². The van der Waals surface area contributed by atoms with Crippen molar-refractivity contribution in [2.24, 2.45) is 0 Å². The first-order valence-corrected chi connectivity index (χ1v) is 4.96. The second kappa shape index (κ2) is 5.35. The summed E-state index contributed by atoms with van der Waals surface area (Å²) in [6.07, 6.45) is 0. The maximum atomic E-state index is 11.2. The van der Waals surface area contributed by atoms with E-state index in [9.17, 15) is 34.3 Å². The first kappa shape index (κ1) is 13.8. The molecule has 0 aliphatic rings. The van der Waals surface area contributed by atoms with Crippen LogP contribution in [-0.4, -0.2) is 15.8 Å².